The van der Waals surface area contributed by atoms with E-state index in [1.165, 1.54) is 12.1 Å². The number of rotatable bonds is 13. The van der Waals surface area contributed by atoms with E-state index in [2.05, 4.69) is 15.3 Å². The molecule has 0 unspecified atom stereocenters. The minimum Gasteiger partial charge on any atom is -0.494 e. The molecule has 2 atom stereocenters. The summed E-state index contributed by atoms with van der Waals surface area (Å²) in [5, 5.41) is 15.8. The van der Waals surface area contributed by atoms with Crippen molar-refractivity contribution in [3.8, 4) is 5.75 Å². The molecular weight excluding hydrogens is 623 g/mol. The zero-order valence-electron chi connectivity index (χ0n) is 25.7. The minimum absolute atomic E-state index is 0.00315. The van der Waals surface area contributed by atoms with Crippen molar-refractivity contribution in [2.45, 2.75) is 37.2 Å². The smallest absolute Gasteiger partial charge is 0.416 e. The van der Waals surface area contributed by atoms with E-state index in [1.54, 1.807) is 48.5 Å². The van der Waals surface area contributed by atoms with E-state index in [0.29, 0.717) is 35.5 Å². The van der Waals surface area contributed by atoms with Gasteiger partial charge in [0.05, 0.1) is 12.2 Å². The Hall–Kier alpha value is -5.58. The van der Waals surface area contributed by atoms with Crippen LogP contribution in [0, 0.1) is 0 Å². The van der Waals surface area contributed by atoms with Gasteiger partial charge < -0.3 is 19.9 Å². The second kappa shape index (κ2) is 15.3. The summed E-state index contributed by atoms with van der Waals surface area (Å²) in [5.74, 6) is 0.192. The molecule has 0 aliphatic carbocycles. The van der Waals surface area contributed by atoms with Crippen molar-refractivity contribution >= 4 is 23.6 Å². The number of hydrogen-bond acceptors (Lipinski definition) is 6. The van der Waals surface area contributed by atoms with E-state index >= 15 is 0 Å². The molecule has 1 aliphatic rings. The van der Waals surface area contributed by atoms with Gasteiger partial charge in [0.25, 0.3) is 5.91 Å². The fraction of sp³-hybridized carbons (Fsp3) is 0.222. The quantitative estimate of drug-likeness (QED) is 0.0653. The number of carbonyl (C=O) groups is 1. The standard InChI is InChI=1S/C36H32F3N5O4/c37-36(38,39)28-17-13-26(14-18-28)24-41-34(46)35(21-6-10-25-8-2-1-3-9-25)32(30-11-4-5-12-31(30)43-44-40)48-33(42-35)27-15-19-29(20-16-27)47-23-7-22-45/h1-6,8-20,32,45H,7,21-24H2,(H,41,46)/b10-6+/t32-,35-/m1/s1. The highest BCUT2D eigenvalue weighted by Crippen LogP contribution is 2.46. The molecule has 2 N–H and O–H groups in total. The Morgan fingerprint density at radius 2 is 1.73 bits per heavy atom. The first-order valence-corrected chi connectivity index (χ1v) is 15.1. The van der Waals surface area contributed by atoms with Crippen LogP contribution in [0.4, 0.5) is 18.9 Å². The maximum Gasteiger partial charge on any atom is 0.416 e. The first-order chi connectivity index (χ1) is 23.2. The van der Waals surface area contributed by atoms with E-state index in [-0.39, 0.29) is 31.2 Å². The summed E-state index contributed by atoms with van der Waals surface area (Å²) in [5.41, 5.74) is 9.48. The zero-order valence-corrected chi connectivity index (χ0v) is 25.7. The lowest BCUT2D eigenvalue weighted by Crippen LogP contribution is -2.47. The fourth-order valence-corrected chi connectivity index (χ4v) is 5.23. The number of aliphatic hydroxyl groups excluding tert-OH is 1. The van der Waals surface area contributed by atoms with E-state index in [0.717, 1.165) is 17.7 Å². The summed E-state index contributed by atoms with van der Waals surface area (Å²) >= 11 is 0. The second-order valence-electron chi connectivity index (χ2n) is 10.9. The van der Waals surface area contributed by atoms with Crippen LogP contribution in [0.3, 0.4) is 0 Å². The molecule has 0 spiro atoms. The molecule has 0 saturated heterocycles. The average Bonchev–Trinajstić information content (AvgIpc) is 3.49. The summed E-state index contributed by atoms with van der Waals surface area (Å²) < 4.78 is 51.5. The molecule has 1 amide bonds. The highest BCUT2D eigenvalue weighted by Gasteiger charge is 2.53. The van der Waals surface area contributed by atoms with Crippen LogP contribution in [0.2, 0.25) is 0 Å². The molecule has 48 heavy (non-hydrogen) atoms. The molecule has 246 valence electrons. The summed E-state index contributed by atoms with van der Waals surface area (Å²) in [6.45, 7) is 0.265. The van der Waals surface area contributed by atoms with Gasteiger partial charge in [-0.15, -0.1) is 0 Å². The second-order valence-corrected chi connectivity index (χ2v) is 10.9. The molecule has 0 saturated carbocycles. The number of hydrogen-bond donors (Lipinski definition) is 2. The van der Waals surface area contributed by atoms with Gasteiger partial charge >= 0.3 is 6.18 Å². The number of aliphatic imine (C=N–C) groups is 1. The highest BCUT2D eigenvalue weighted by atomic mass is 19.4. The van der Waals surface area contributed by atoms with Crippen LogP contribution in [0.1, 0.15) is 46.8 Å². The van der Waals surface area contributed by atoms with Crippen LogP contribution in [-0.4, -0.2) is 35.7 Å². The van der Waals surface area contributed by atoms with Crippen molar-refractivity contribution < 1.29 is 32.5 Å². The average molecular weight is 656 g/mol. The van der Waals surface area contributed by atoms with E-state index < -0.39 is 29.3 Å². The van der Waals surface area contributed by atoms with E-state index in [4.69, 9.17) is 19.6 Å². The fourth-order valence-electron chi connectivity index (χ4n) is 5.23. The number of azide groups is 1. The third kappa shape index (κ3) is 8.03. The van der Waals surface area contributed by atoms with E-state index in [1.807, 2.05) is 42.5 Å². The Morgan fingerprint density at radius 1 is 1.02 bits per heavy atom. The van der Waals surface area contributed by atoms with Crippen molar-refractivity contribution in [3.63, 3.8) is 0 Å². The van der Waals surface area contributed by atoms with Crippen LogP contribution in [0.5, 0.6) is 5.75 Å². The largest absolute Gasteiger partial charge is 0.494 e. The Labute approximate surface area is 275 Å². The zero-order chi connectivity index (χ0) is 34.0. The number of carbonyl (C=O) groups excluding carboxylic acids is 1. The topological polar surface area (TPSA) is 129 Å². The highest BCUT2D eigenvalue weighted by molar-refractivity contribution is 6.01. The van der Waals surface area contributed by atoms with Crippen LogP contribution in [-0.2, 0) is 22.3 Å². The molecule has 0 aromatic heterocycles. The minimum atomic E-state index is -4.49. The molecule has 0 radical (unpaired) electrons. The number of nitrogens with one attached hydrogen (secondary N) is 1. The first kappa shape index (κ1) is 33.8. The molecule has 1 heterocycles. The molecule has 0 fully saturated rings. The number of aliphatic hydroxyl groups is 1. The van der Waals surface area contributed by atoms with Gasteiger partial charge in [-0.1, -0.05) is 84.0 Å². The molecule has 0 bridgehead atoms. The predicted octanol–water partition coefficient (Wildman–Crippen LogP) is 8.09. The lowest BCUT2D eigenvalue weighted by molar-refractivity contribution is -0.137. The lowest BCUT2D eigenvalue weighted by atomic mass is 9.83. The van der Waals surface area contributed by atoms with Crippen molar-refractivity contribution in [3.05, 3.63) is 147 Å². The predicted molar refractivity (Wildman–Crippen MR) is 175 cm³/mol. The van der Waals surface area contributed by atoms with Gasteiger partial charge in [0.1, 0.15) is 5.75 Å². The molecule has 4 aromatic rings. The van der Waals surface area contributed by atoms with Gasteiger partial charge in [-0.25, -0.2) is 4.99 Å². The SMILES string of the molecule is [N-]=[N+]=Nc1ccccc1[C@H]1OC(c2ccc(OCCCO)cc2)=N[C@@]1(C/C=C/c1ccccc1)C(=O)NCc1ccc(C(F)(F)F)cc1. The molecule has 9 nitrogen and oxygen atoms in total. The number of nitrogens with zero attached hydrogens (tertiary/aromatic N) is 4. The maximum atomic E-state index is 14.4. The van der Waals surface area contributed by atoms with Gasteiger partial charge in [0.2, 0.25) is 5.90 Å². The normalized spacial score (nSPS) is 17.3. The van der Waals surface area contributed by atoms with Crippen LogP contribution in [0.25, 0.3) is 16.5 Å². The molecule has 12 heteroatoms. The number of benzene rings is 4. The van der Waals surface area contributed by atoms with Crippen molar-refractivity contribution in [2.75, 3.05) is 13.2 Å². The van der Waals surface area contributed by atoms with Crippen molar-refractivity contribution in [2.24, 2.45) is 10.1 Å². The molecule has 5 rings (SSSR count). The van der Waals surface area contributed by atoms with Gasteiger partial charge in [-0.2, -0.15) is 13.2 Å². The van der Waals surface area contributed by atoms with Crippen molar-refractivity contribution in [1.29, 1.82) is 0 Å². The molecule has 1 aliphatic heterocycles. The number of amides is 1. The summed E-state index contributed by atoms with van der Waals surface area (Å²) in [7, 11) is 0. The van der Waals surface area contributed by atoms with Gasteiger partial charge in [0.15, 0.2) is 11.6 Å². The third-order valence-corrected chi connectivity index (χ3v) is 7.67. The van der Waals surface area contributed by atoms with Crippen LogP contribution in [0.15, 0.2) is 119 Å². The number of alkyl halides is 3. The number of ether oxygens (including phenoxy) is 2. The number of halogens is 3. The monoisotopic (exact) mass is 655 g/mol. The van der Waals surface area contributed by atoms with Gasteiger partial charge in [-0.05, 0) is 53.1 Å². The van der Waals surface area contributed by atoms with Crippen LogP contribution >= 0.6 is 0 Å². The van der Waals surface area contributed by atoms with Crippen molar-refractivity contribution in [1.82, 2.24) is 5.32 Å². The molecule has 4 aromatic carbocycles. The maximum absolute atomic E-state index is 14.4. The Morgan fingerprint density at radius 3 is 2.42 bits per heavy atom. The summed E-state index contributed by atoms with van der Waals surface area (Å²) in [4.78, 5) is 22.3. The Bertz CT molecular complexity index is 1810. The van der Waals surface area contributed by atoms with E-state index in [9.17, 15) is 23.5 Å². The van der Waals surface area contributed by atoms with Crippen LogP contribution < -0.4 is 10.1 Å². The summed E-state index contributed by atoms with van der Waals surface area (Å²) in [6, 6.07) is 27.7. The van der Waals surface area contributed by atoms with Gasteiger partial charge in [0, 0.05) is 47.7 Å². The van der Waals surface area contributed by atoms with Gasteiger partial charge in [-0.3, -0.25) is 4.79 Å². The Kier molecular flexibility index (Phi) is 10.8. The lowest BCUT2D eigenvalue weighted by Gasteiger charge is -2.30. The molecular formula is C36H32F3N5O4. The Balaban J connectivity index is 1.55. The first-order valence-electron chi connectivity index (χ1n) is 15.1. The summed E-state index contributed by atoms with van der Waals surface area (Å²) in [6.07, 6.45) is -1.34. The third-order valence-electron chi connectivity index (χ3n) is 7.67.